The molecule has 1 amide bonds. The molecule has 1 fully saturated rings. The van der Waals surface area contributed by atoms with Gasteiger partial charge in [-0.3, -0.25) is 9.48 Å². The molecule has 0 radical (unpaired) electrons. The van der Waals surface area contributed by atoms with Gasteiger partial charge in [0.15, 0.2) is 0 Å². The Morgan fingerprint density at radius 2 is 1.96 bits per heavy atom. The van der Waals surface area contributed by atoms with Gasteiger partial charge in [-0.05, 0) is 58.7 Å². The molecule has 5 heteroatoms. The van der Waals surface area contributed by atoms with Crippen LogP contribution in [0.4, 0.5) is 0 Å². The first-order valence-electron chi connectivity index (χ1n) is 9.32. The summed E-state index contributed by atoms with van der Waals surface area (Å²) >= 11 is 0. The minimum atomic E-state index is 0.153. The van der Waals surface area contributed by atoms with Crippen molar-refractivity contribution >= 4 is 5.91 Å². The lowest BCUT2D eigenvalue weighted by molar-refractivity contribution is -0.121. The molecule has 1 N–H and O–H groups in total. The van der Waals surface area contributed by atoms with Crippen LogP contribution < -0.4 is 5.32 Å². The van der Waals surface area contributed by atoms with Crippen LogP contribution in [0, 0.1) is 19.8 Å². The van der Waals surface area contributed by atoms with E-state index in [9.17, 15) is 4.79 Å². The van der Waals surface area contributed by atoms with Gasteiger partial charge in [0.05, 0.1) is 5.69 Å². The van der Waals surface area contributed by atoms with Crippen LogP contribution in [0.15, 0.2) is 0 Å². The van der Waals surface area contributed by atoms with Crippen LogP contribution in [0.2, 0.25) is 0 Å². The maximum Gasteiger partial charge on any atom is 0.220 e. The molecule has 1 aliphatic carbocycles. The van der Waals surface area contributed by atoms with Gasteiger partial charge >= 0.3 is 0 Å². The third-order valence-corrected chi connectivity index (χ3v) is 5.63. The van der Waals surface area contributed by atoms with Gasteiger partial charge in [-0.25, -0.2) is 0 Å². The van der Waals surface area contributed by atoms with Crippen LogP contribution in [0.5, 0.6) is 0 Å². The predicted molar refractivity (Wildman–Crippen MR) is 98.1 cm³/mol. The summed E-state index contributed by atoms with van der Waals surface area (Å²) in [5, 5.41) is 7.59. The molecular formula is C19H34N4O. The number of aryl methyl sites for hydroxylation is 2. The molecule has 1 aliphatic rings. The van der Waals surface area contributed by atoms with Gasteiger partial charge < -0.3 is 10.2 Å². The highest BCUT2D eigenvalue weighted by Crippen LogP contribution is 2.28. The Balaban J connectivity index is 1.82. The predicted octanol–water partition coefficient (Wildman–Crippen LogP) is 2.60. The van der Waals surface area contributed by atoms with E-state index in [1.54, 1.807) is 0 Å². The fourth-order valence-electron chi connectivity index (χ4n) is 4.01. The number of nitrogens with zero attached hydrogens (tertiary/aromatic N) is 3. The van der Waals surface area contributed by atoms with Crippen molar-refractivity contribution in [2.75, 3.05) is 20.6 Å². The van der Waals surface area contributed by atoms with Gasteiger partial charge in [-0.1, -0.05) is 19.3 Å². The molecule has 0 aliphatic heterocycles. The molecule has 5 nitrogen and oxygen atoms in total. The molecule has 1 heterocycles. The highest BCUT2D eigenvalue weighted by atomic mass is 16.1. The van der Waals surface area contributed by atoms with E-state index in [2.05, 4.69) is 36.3 Å². The number of rotatable bonds is 7. The molecule has 0 saturated heterocycles. The standard InChI is InChI=1S/C19H34N4O/c1-14-17(15(2)23(5)21-14)11-12-19(24)20-13-18(22(3)4)16-9-7-6-8-10-16/h16,18H,6-13H2,1-5H3,(H,20,24). The first-order valence-corrected chi connectivity index (χ1v) is 9.32. The van der Waals surface area contributed by atoms with Gasteiger partial charge in [-0.15, -0.1) is 0 Å². The lowest BCUT2D eigenvalue weighted by Crippen LogP contribution is -2.45. The maximum atomic E-state index is 12.3. The number of likely N-dealkylation sites (N-methyl/N-ethyl adjacent to an activating group) is 1. The number of carbonyl (C=O) groups excluding carboxylic acids is 1. The number of carbonyl (C=O) groups is 1. The van der Waals surface area contributed by atoms with Crippen LogP contribution >= 0.6 is 0 Å². The molecule has 1 atom stereocenters. The number of hydrogen-bond acceptors (Lipinski definition) is 3. The number of nitrogens with one attached hydrogen (secondary N) is 1. The van der Waals surface area contributed by atoms with Gasteiger partial charge in [0.1, 0.15) is 0 Å². The van der Waals surface area contributed by atoms with Gasteiger partial charge in [-0.2, -0.15) is 5.10 Å². The van der Waals surface area contributed by atoms with E-state index in [0.717, 1.165) is 30.3 Å². The van der Waals surface area contributed by atoms with E-state index in [1.807, 2.05) is 18.7 Å². The summed E-state index contributed by atoms with van der Waals surface area (Å²) < 4.78 is 1.90. The summed E-state index contributed by atoms with van der Waals surface area (Å²) in [5.74, 6) is 0.872. The summed E-state index contributed by atoms with van der Waals surface area (Å²) in [5.41, 5.74) is 3.41. The molecule has 1 aromatic rings. The summed E-state index contributed by atoms with van der Waals surface area (Å²) in [6.07, 6.45) is 7.95. The van der Waals surface area contributed by atoms with Crippen molar-refractivity contribution < 1.29 is 4.79 Å². The van der Waals surface area contributed by atoms with Crippen molar-refractivity contribution in [3.8, 4) is 0 Å². The largest absolute Gasteiger partial charge is 0.355 e. The fourth-order valence-corrected chi connectivity index (χ4v) is 4.01. The topological polar surface area (TPSA) is 50.2 Å². The van der Waals surface area contributed by atoms with Crippen LogP contribution in [-0.4, -0.2) is 47.3 Å². The minimum Gasteiger partial charge on any atom is -0.355 e. The molecule has 2 rings (SSSR count). The monoisotopic (exact) mass is 334 g/mol. The SMILES string of the molecule is Cc1nn(C)c(C)c1CCC(=O)NCC(C1CCCCC1)N(C)C. The average Bonchev–Trinajstić information content (AvgIpc) is 2.79. The summed E-state index contributed by atoms with van der Waals surface area (Å²) in [6.45, 7) is 4.85. The first-order chi connectivity index (χ1) is 11.4. The third-order valence-electron chi connectivity index (χ3n) is 5.63. The summed E-state index contributed by atoms with van der Waals surface area (Å²) in [4.78, 5) is 14.6. The Labute approximate surface area is 146 Å². The van der Waals surface area contributed by atoms with Crippen LogP contribution in [0.3, 0.4) is 0 Å². The smallest absolute Gasteiger partial charge is 0.220 e. The molecule has 136 valence electrons. The van der Waals surface area contributed by atoms with Gasteiger partial charge in [0, 0.05) is 31.7 Å². The second kappa shape index (κ2) is 8.65. The van der Waals surface area contributed by atoms with E-state index >= 15 is 0 Å². The lowest BCUT2D eigenvalue weighted by Gasteiger charge is -2.35. The lowest BCUT2D eigenvalue weighted by atomic mass is 9.83. The zero-order valence-electron chi connectivity index (χ0n) is 16.1. The van der Waals surface area contributed by atoms with Gasteiger partial charge in [0.25, 0.3) is 0 Å². The number of hydrogen-bond donors (Lipinski definition) is 1. The zero-order valence-corrected chi connectivity index (χ0v) is 16.1. The van der Waals surface area contributed by atoms with E-state index in [4.69, 9.17) is 0 Å². The second-order valence-electron chi connectivity index (χ2n) is 7.51. The Morgan fingerprint density at radius 3 is 2.50 bits per heavy atom. The summed E-state index contributed by atoms with van der Waals surface area (Å²) in [6, 6.07) is 0.455. The van der Waals surface area contributed by atoms with Crippen molar-refractivity contribution in [3.63, 3.8) is 0 Å². The van der Waals surface area contributed by atoms with Crippen LogP contribution in [0.1, 0.15) is 55.5 Å². The first kappa shape index (κ1) is 19.0. The molecule has 0 spiro atoms. The van der Waals surface area contributed by atoms with Crippen LogP contribution in [-0.2, 0) is 18.3 Å². The van der Waals surface area contributed by atoms with Crippen molar-refractivity contribution in [2.24, 2.45) is 13.0 Å². The Bertz CT molecular complexity index is 544. The highest BCUT2D eigenvalue weighted by molar-refractivity contribution is 5.76. The molecule has 0 bridgehead atoms. The Hall–Kier alpha value is -1.36. The van der Waals surface area contributed by atoms with Crippen molar-refractivity contribution in [1.29, 1.82) is 0 Å². The molecule has 24 heavy (non-hydrogen) atoms. The molecule has 1 unspecified atom stereocenters. The van der Waals surface area contributed by atoms with Crippen molar-refractivity contribution in [1.82, 2.24) is 20.0 Å². The summed E-state index contributed by atoms with van der Waals surface area (Å²) in [7, 11) is 6.22. The number of amides is 1. The van der Waals surface area contributed by atoms with E-state index in [-0.39, 0.29) is 5.91 Å². The average molecular weight is 335 g/mol. The van der Waals surface area contributed by atoms with E-state index in [1.165, 1.54) is 37.7 Å². The Morgan fingerprint density at radius 1 is 1.29 bits per heavy atom. The molecule has 0 aromatic carbocycles. The normalized spacial score (nSPS) is 17.2. The third kappa shape index (κ3) is 4.82. The van der Waals surface area contributed by atoms with E-state index < -0.39 is 0 Å². The zero-order chi connectivity index (χ0) is 17.7. The minimum absolute atomic E-state index is 0.153. The second-order valence-corrected chi connectivity index (χ2v) is 7.51. The fraction of sp³-hybridized carbons (Fsp3) is 0.789. The number of aromatic nitrogens is 2. The van der Waals surface area contributed by atoms with E-state index in [0.29, 0.717) is 12.5 Å². The van der Waals surface area contributed by atoms with Crippen LogP contribution in [0.25, 0.3) is 0 Å². The van der Waals surface area contributed by atoms with Gasteiger partial charge in [0.2, 0.25) is 5.91 Å². The van der Waals surface area contributed by atoms with Crippen molar-refractivity contribution in [2.45, 2.75) is 64.8 Å². The highest BCUT2D eigenvalue weighted by Gasteiger charge is 2.25. The quantitative estimate of drug-likeness (QED) is 0.834. The molecule has 1 saturated carbocycles. The van der Waals surface area contributed by atoms with Crippen molar-refractivity contribution in [3.05, 3.63) is 17.0 Å². The molecule has 1 aromatic heterocycles. The molecular weight excluding hydrogens is 300 g/mol. The maximum absolute atomic E-state index is 12.3. The Kier molecular flexibility index (Phi) is 6.84.